The summed E-state index contributed by atoms with van der Waals surface area (Å²) in [6, 6.07) is 1.03. The van der Waals surface area contributed by atoms with Crippen LogP contribution in [0.15, 0.2) is 17.0 Å². The maximum atomic E-state index is 13.6. The summed E-state index contributed by atoms with van der Waals surface area (Å²) >= 11 is 0. The molecule has 0 spiro atoms. The molecule has 1 aromatic rings. The molecular weight excluding hydrogens is 290 g/mol. The van der Waals surface area contributed by atoms with Gasteiger partial charge in [0.05, 0.1) is 6.10 Å². The van der Waals surface area contributed by atoms with Gasteiger partial charge in [-0.15, -0.1) is 0 Å². The summed E-state index contributed by atoms with van der Waals surface area (Å²) in [5.41, 5.74) is 4.49. The average molecular weight is 306 g/mol. The van der Waals surface area contributed by atoms with Crippen molar-refractivity contribution >= 4 is 15.7 Å². The third kappa shape index (κ3) is 2.38. The minimum atomic E-state index is -4.25. The number of anilines is 1. The molecule has 1 fully saturated rings. The second-order valence-corrected chi connectivity index (χ2v) is 7.24. The Morgan fingerprint density at radius 3 is 2.50 bits per heavy atom. The van der Waals surface area contributed by atoms with E-state index in [1.54, 1.807) is 13.8 Å². The lowest BCUT2D eigenvalue weighted by atomic mass is 9.65. The van der Waals surface area contributed by atoms with Crippen molar-refractivity contribution in [2.75, 3.05) is 5.73 Å². The maximum absolute atomic E-state index is 13.6. The fraction of sp³-hybridized carbons (Fsp3) is 0.500. The van der Waals surface area contributed by atoms with Crippen LogP contribution in [0.3, 0.4) is 0 Å². The van der Waals surface area contributed by atoms with E-state index in [1.807, 2.05) is 0 Å². The first-order valence-electron chi connectivity index (χ1n) is 6.00. The van der Waals surface area contributed by atoms with Crippen LogP contribution in [0.25, 0.3) is 0 Å². The number of aliphatic hydroxyl groups excluding tert-OH is 1. The summed E-state index contributed by atoms with van der Waals surface area (Å²) < 4.78 is 53.3. The van der Waals surface area contributed by atoms with Crippen molar-refractivity contribution in [3.05, 3.63) is 23.8 Å². The predicted octanol–water partition coefficient (Wildman–Crippen LogP) is 0.985. The number of nitrogens with two attached hydrogens (primary N) is 1. The molecule has 0 saturated heterocycles. The number of benzene rings is 1. The van der Waals surface area contributed by atoms with Crippen LogP contribution in [-0.4, -0.2) is 25.7 Å². The highest BCUT2D eigenvalue weighted by atomic mass is 32.2. The summed E-state index contributed by atoms with van der Waals surface area (Å²) in [6.07, 6.45) is -0.420. The Hall–Kier alpha value is -1.25. The van der Waals surface area contributed by atoms with E-state index in [1.165, 1.54) is 0 Å². The zero-order valence-electron chi connectivity index (χ0n) is 11.0. The number of nitrogen functional groups attached to an aromatic ring is 1. The molecule has 5 nitrogen and oxygen atoms in total. The van der Waals surface area contributed by atoms with Crippen molar-refractivity contribution in [1.82, 2.24) is 4.72 Å². The number of sulfonamides is 1. The number of hydrogen-bond donors (Lipinski definition) is 3. The van der Waals surface area contributed by atoms with Crippen LogP contribution in [0.5, 0.6) is 0 Å². The van der Waals surface area contributed by atoms with Crippen molar-refractivity contribution in [3.8, 4) is 0 Å². The Balaban J connectivity index is 2.33. The number of halogens is 2. The topological polar surface area (TPSA) is 92.4 Å². The highest BCUT2D eigenvalue weighted by Gasteiger charge is 2.49. The summed E-state index contributed by atoms with van der Waals surface area (Å²) in [4.78, 5) is -0.827. The number of nitrogens with one attached hydrogen (secondary N) is 1. The van der Waals surface area contributed by atoms with Gasteiger partial charge in [-0.2, -0.15) is 0 Å². The van der Waals surface area contributed by atoms with E-state index in [0.717, 1.165) is 6.07 Å². The Bertz CT molecular complexity index is 646. The van der Waals surface area contributed by atoms with Gasteiger partial charge in [-0.1, -0.05) is 13.8 Å². The molecule has 2 rings (SSSR count). The van der Waals surface area contributed by atoms with Crippen LogP contribution >= 0.6 is 0 Å². The van der Waals surface area contributed by atoms with Gasteiger partial charge >= 0.3 is 0 Å². The normalized spacial score (nSPS) is 25.2. The van der Waals surface area contributed by atoms with Crippen molar-refractivity contribution in [2.24, 2.45) is 5.41 Å². The Labute approximate surface area is 115 Å². The Morgan fingerprint density at radius 2 is 2.00 bits per heavy atom. The van der Waals surface area contributed by atoms with E-state index in [2.05, 4.69) is 4.72 Å². The van der Waals surface area contributed by atoms with Gasteiger partial charge in [0.25, 0.3) is 0 Å². The van der Waals surface area contributed by atoms with Gasteiger partial charge in [0.15, 0.2) is 11.6 Å². The van der Waals surface area contributed by atoms with E-state index in [9.17, 15) is 22.3 Å². The first-order valence-corrected chi connectivity index (χ1v) is 7.49. The Kier molecular flexibility index (Phi) is 3.52. The highest BCUT2D eigenvalue weighted by molar-refractivity contribution is 7.89. The molecule has 112 valence electrons. The molecule has 1 aliphatic rings. The molecule has 0 bridgehead atoms. The van der Waals surface area contributed by atoms with Crippen LogP contribution < -0.4 is 10.5 Å². The number of aliphatic hydroxyl groups is 1. The second-order valence-electron chi connectivity index (χ2n) is 5.56. The van der Waals surface area contributed by atoms with Crippen molar-refractivity contribution in [3.63, 3.8) is 0 Å². The van der Waals surface area contributed by atoms with E-state index >= 15 is 0 Å². The fourth-order valence-corrected chi connectivity index (χ4v) is 3.66. The van der Waals surface area contributed by atoms with Crippen LogP contribution in [0, 0.1) is 17.0 Å². The third-order valence-corrected chi connectivity index (χ3v) is 5.29. The van der Waals surface area contributed by atoms with E-state index in [-0.39, 0.29) is 12.1 Å². The third-order valence-electron chi connectivity index (χ3n) is 3.82. The molecule has 20 heavy (non-hydrogen) atoms. The van der Waals surface area contributed by atoms with Crippen LogP contribution in [-0.2, 0) is 10.0 Å². The molecule has 2 atom stereocenters. The molecule has 8 heteroatoms. The van der Waals surface area contributed by atoms with Gasteiger partial charge in [0.2, 0.25) is 10.0 Å². The van der Waals surface area contributed by atoms with Gasteiger partial charge in [0, 0.05) is 17.1 Å². The maximum Gasteiger partial charge on any atom is 0.243 e. The molecule has 4 N–H and O–H groups in total. The smallest absolute Gasteiger partial charge is 0.243 e. The van der Waals surface area contributed by atoms with E-state index in [0.29, 0.717) is 6.07 Å². The van der Waals surface area contributed by atoms with Crippen molar-refractivity contribution in [1.29, 1.82) is 0 Å². The van der Waals surface area contributed by atoms with Crippen molar-refractivity contribution < 1.29 is 22.3 Å². The average Bonchev–Trinajstić information content (AvgIpc) is 2.33. The predicted molar refractivity (Wildman–Crippen MR) is 69.3 cm³/mol. The zero-order valence-corrected chi connectivity index (χ0v) is 11.8. The first-order chi connectivity index (χ1) is 9.05. The quantitative estimate of drug-likeness (QED) is 0.726. The summed E-state index contributed by atoms with van der Waals surface area (Å²) in [7, 11) is -4.25. The molecule has 2 unspecified atom stereocenters. The van der Waals surface area contributed by atoms with Gasteiger partial charge in [-0.25, -0.2) is 21.9 Å². The van der Waals surface area contributed by atoms with Gasteiger partial charge in [0.1, 0.15) is 4.90 Å². The largest absolute Gasteiger partial charge is 0.399 e. The SMILES string of the molecule is CC1(C)C(O)CC1NS(=O)(=O)c1cc(N)cc(F)c1F. The zero-order chi connectivity index (χ0) is 15.3. The summed E-state index contributed by atoms with van der Waals surface area (Å²) in [5.74, 6) is -2.79. The van der Waals surface area contributed by atoms with Gasteiger partial charge in [-0.3, -0.25) is 0 Å². The summed E-state index contributed by atoms with van der Waals surface area (Å²) in [6.45, 7) is 3.37. The van der Waals surface area contributed by atoms with E-state index in [4.69, 9.17) is 5.73 Å². The lowest BCUT2D eigenvalue weighted by Gasteiger charge is -2.49. The minimum Gasteiger partial charge on any atom is -0.399 e. The van der Waals surface area contributed by atoms with Gasteiger partial charge < -0.3 is 10.8 Å². The van der Waals surface area contributed by atoms with Crippen LogP contribution in [0.4, 0.5) is 14.5 Å². The Morgan fingerprint density at radius 1 is 1.40 bits per heavy atom. The molecule has 0 aromatic heterocycles. The molecule has 0 aliphatic heterocycles. The van der Waals surface area contributed by atoms with Crippen LogP contribution in [0.1, 0.15) is 20.3 Å². The molecular formula is C12H16F2N2O3S. The first kappa shape index (κ1) is 15.1. The molecule has 0 radical (unpaired) electrons. The second kappa shape index (κ2) is 4.64. The molecule has 0 heterocycles. The molecule has 1 aliphatic carbocycles. The highest BCUT2D eigenvalue weighted by Crippen LogP contribution is 2.41. The lowest BCUT2D eigenvalue weighted by Crippen LogP contribution is -2.61. The molecule has 1 aromatic carbocycles. The molecule has 1 saturated carbocycles. The standard InChI is InChI=1S/C12H16F2N2O3S/c1-12(2)9(5-10(12)17)16-20(18,19)8-4-6(15)3-7(13)11(8)14/h3-4,9-10,16-17H,5,15H2,1-2H3. The number of hydrogen-bond acceptors (Lipinski definition) is 4. The minimum absolute atomic E-state index is 0.183. The molecule has 0 amide bonds. The monoisotopic (exact) mass is 306 g/mol. The van der Waals surface area contributed by atoms with Gasteiger partial charge in [-0.05, 0) is 18.6 Å². The summed E-state index contributed by atoms with van der Waals surface area (Å²) in [5, 5.41) is 9.57. The van der Waals surface area contributed by atoms with Crippen molar-refractivity contribution in [2.45, 2.75) is 37.3 Å². The van der Waals surface area contributed by atoms with Crippen LogP contribution in [0.2, 0.25) is 0 Å². The van der Waals surface area contributed by atoms with E-state index < -0.39 is 44.1 Å². The lowest BCUT2D eigenvalue weighted by molar-refractivity contribution is -0.0645. The fourth-order valence-electron chi connectivity index (χ4n) is 2.13. The number of rotatable bonds is 3.